The zero-order valence-corrected chi connectivity index (χ0v) is 36.1. The predicted octanol–water partition coefficient (Wildman–Crippen LogP) is 17.1. The van der Waals surface area contributed by atoms with Crippen LogP contribution >= 0.6 is 23.5 Å². The number of nitrogens with zero attached hydrogens (tertiary/aromatic N) is 2. The lowest BCUT2D eigenvalue weighted by Crippen LogP contribution is -2.02. The maximum absolute atomic E-state index is 2.51. The van der Waals surface area contributed by atoms with Crippen LogP contribution in [-0.4, -0.2) is 9.13 Å². The van der Waals surface area contributed by atoms with Gasteiger partial charge in [0.05, 0.1) is 33.4 Å². The fourth-order valence-electron chi connectivity index (χ4n) is 10.3. The molecular weight excluding hydrogens is 813 g/mol. The molecule has 14 rings (SSSR count). The molecule has 10 aromatic carbocycles. The van der Waals surface area contributed by atoms with Gasteiger partial charge in [0.15, 0.2) is 0 Å². The van der Waals surface area contributed by atoms with Crippen molar-refractivity contribution in [1.29, 1.82) is 0 Å². The molecule has 2 aliphatic rings. The number of aromatic nitrogens is 2. The van der Waals surface area contributed by atoms with E-state index in [9.17, 15) is 0 Å². The van der Waals surface area contributed by atoms with Crippen molar-refractivity contribution in [1.82, 2.24) is 9.13 Å². The molecule has 0 aliphatic carbocycles. The zero-order valence-electron chi connectivity index (χ0n) is 34.5. The highest BCUT2D eigenvalue weighted by atomic mass is 32.2. The van der Waals surface area contributed by atoms with E-state index < -0.39 is 0 Å². The Morgan fingerprint density at radius 2 is 0.547 bits per heavy atom. The van der Waals surface area contributed by atoms with Crippen LogP contribution in [0, 0.1) is 0 Å². The summed E-state index contributed by atoms with van der Waals surface area (Å²) in [6.07, 6.45) is 0. The van der Waals surface area contributed by atoms with Crippen molar-refractivity contribution in [3.05, 3.63) is 218 Å². The van der Waals surface area contributed by atoms with Crippen LogP contribution in [0.5, 0.6) is 0 Å². The molecule has 0 saturated heterocycles. The molecule has 0 bridgehead atoms. The Labute approximate surface area is 379 Å². The summed E-state index contributed by atoms with van der Waals surface area (Å²) in [6.45, 7) is 0. The van der Waals surface area contributed by atoms with E-state index in [2.05, 4.69) is 228 Å². The third-order valence-electron chi connectivity index (χ3n) is 13.3. The van der Waals surface area contributed by atoms with Crippen LogP contribution < -0.4 is 0 Å². The summed E-state index contributed by atoms with van der Waals surface area (Å²) >= 11 is 3.78. The highest BCUT2D eigenvalue weighted by Gasteiger charge is 2.27. The fraction of sp³-hybridized carbons (Fsp3) is 0. The molecule has 2 aromatic heterocycles. The van der Waals surface area contributed by atoms with Gasteiger partial charge in [-0.2, -0.15) is 0 Å². The maximum atomic E-state index is 2.51. The average molecular weight is 849 g/mol. The highest BCUT2D eigenvalue weighted by molar-refractivity contribution is 8.00. The molecule has 12 aromatic rings. The van der Waals surface area contributed by atoms with Crippen molar-refractivity contribution in [2.24, 2.45) is 0 Å². The Kier molecular flexibility index (Phi) is 7.88. The van der Waals surface area contributed by atoms with Crippen molar-refractivity contribution in [2.45, 2.75) is 19.6 Å². The quantitative estimate of drug-likeness (QED) is 0.171. The second-order valence-corrected chi connectivity index (χ2v) is 19.1. The van der Waals surface area contributed by atoms with Gasteiger partial charge in [-0.15, -0.1) is 0 Å². The summed E-state index contributed by atoms with van der Waals surface area (Å²) < 4.78 is 5.02. The Hall–Kier alpha value is -7.50. The minimum Gasteiger partial charge on any atom is -0.307 e. The molecule has 0 fully saturated rings. The lowest BCUT2D eigenvalue weighted by molar-refractivity contribution is 1.09. The molecule has 0 saturated carbocycles. The first-order chi connectivity index (χ1) is 31.7. The third kappa shape index (κ3) is 5.49. The van der Waals surface area contributed by atoms with E-state index >= 15 is 0 Å². The summed E-state index contributed by atoms with van der Waals surface area (Å²) in [5.41, 5.74) is 19.8. The third-order valence-corrected chi connectivity index (χ3v) is 15.4. The van der Waals surface area contributed by atoms with E-state index in [0.29, 0.717) is 0 Å². The van der Waals surface area contributed by atoms with Crippen molar-refractivity contribution < 1.29 is 0 Å². The molecule has 4 heteroatoms. The van der Waals surface area contributed by atoms with Gasteiger partial charge in [0.1, 0.15) is 0 Å². The minimum atomic E-state index is 1.21. The van der Waals surface area contributed by atoms with Crippen LogP contribution in [0.1, 0.15) is 0 Å². The highest BCUT2D eigenvalue weighted by Crippen LogP contribution is 2.52. The Bertz CT molecular complexity index is 3610. The molecule has 0 atom stereocenters. The van der Waals surface area contributed by atoms with Gasteiger partial charge >= 0.3 is 0 Å². The van der Waals surface area contributed by atoms with Gasteiger partial charge in [-0.1, -0.05) is 169 Å². The molecule has 2 aliphatic heterocycles. The van der Waals surface area contributed by atoms with E-state index in [1.165, 1.54) is 130 Å². The molecule has 0 amide bonds. The molecule has 64 heavy (non-hydrogen) atoms. The largest absolute Gasteiger partial charge is 0.307 e. The monoisotopic (exact) mass is 848 g/mol. The summed E-state index contributed by atoms with van der Waals surface area (Å²) in [5, 5.41) is 5.09. The average Bonchev–Trinajstić information content (AvgIpc) is 3.88. The van der Waals surface area contributed by atoms with Crippen LogP contribution in [0.3, 0.4) is 0 Å². The minimum absolute atomic E-state index is 1.21. The van der Waals surface area contributed by atoms with Crippen molar-refractivity contribution in [3.8, 4) is 67.0 Å². The second kappa shape index (κ2) is 14.0. The molecule has 0 N–H and O–H groups in total. The molecule has 0 unspecified atom stereocenters. The SMILES string of the molecule is c1ccc(-c2ccc3c(c2)Sc2cc(-c4ccccc4)cc4c5cc(-c6ccc7c(c6)c6cc(-c8ccccc8)cc8c6n7-c6ccc(-c7ccccc7)cc6S8)ccc5n-3c24)cc1. The van der Waals surface area contributed by atoms with Gasteiger partial charge in [-0.25, -0.2) is 0 Å². The number of benzene rings is 10. The molecule has 2 nitrogen and oxygen atoms in total. The zero-order chi connectivity index (χ0) is 41.9. The van der Waals surface area contributed by atoms with Gasteiger partial charge in [0.25, 0.3) is 0 Å². The standard InChI is InChI=1S/C60H36N2S2/c1-5-13-37(14-6-1)43-23-27-53-55(33-43)63-57-35-45(39-17-9-3-10-18-39)31-49-47-29-41(21-25-51(47)61(53)59(49)57)42-22-26-52-48(30-42)50-32-46(40-19-11-4-12-20-40)36-58-60(50)62(52)54-28-24-44(34-56(54)64-58)38-15-7-2-8-16-38/h1-36H. The molecular formula is C60H36N2S2. The number of hydrogen-bond acceptors (Lipinski definition) is 2. The van der Waals surface area contributed by atoms with Crippen LogP contribution in [0.15, 0.2) is 238 Å². The van der Waals surface area contributed by atoms with Crippen LogP contribution in [-0.2, 0) is 0 Å². The topological polar surface area (TPSA) is 9.86 Å². The van der Waals surface area contributed by atoms with Crippen LogP contribution in [0.25, 0.3) is 111 Å². The van der Waals surface area contributed by atoms with Crippen molar-refractivity contribution in [2.75, 3.05) is 0 Å². The van der Waals surface area contributed by atoms with E-state index in [1.807, 2.05) is 23.5 Å². The normalized spacial score (nSPS) is 12.6. The summed E-state index contributed by atoms with van der Waals surface area (Å²) in [4.78, 5) is 5.11. The summed E-state index contributed by atoms with van der Waals surface area (Å²) in [5.74, 6) is 0. The van der Waals surface area contributed by atoms with Gasteiger partial charge in [-0.3, -0.25) is 0 Å². The lowest BCUT2D eigenvalue weighted by atomic mass is 9.98. The smallest absolute Gasteiger partial charge is 0.0681 e. The predicted molar refractivity (Wildman–Crippen MR) is 271 cm³/mol. The van der Waals surface area contributed by atoms with Gasteiger partial charge in [-0.05, 0) is 128 Å². The van der Waals surface area contributed by atoms with E-state index in [1.54, 1.807) is 0 Å². The second-order valence-electron chi connectivity index (χ2n) is 16.9. The first-order valence-electron chi connectivity index (χ1n) is 21.8. The van der Waals surface area contributed by atoms with Crippen LogP contribution in [0.4, 0.5) is 0 Å². The first-order valence-corrected chi connectivity index (χ1v) is 23.4. The van der Waals surface area contributed by atoms with Crippen molar-refractivity contribution >= 4 is 67.1 Å². The van der Waals surface area contributed by atoms with E-state index in [0.717, 1.165) is 0 Å². The lowest BCUT2D eigenvalue weighted by Gasteiger charge is -2.21. The maximum Gasteiger partial charge on any atom is 0.0681 e. The summed E-state index contributed by atoms with van der Waals surface area (Å²) in [7, 11) is 0. The van der Waals surface area contributed by atoms with E-state index in [4.69, 9.17) is 0 Å². The number of fused-ring (bicyclic) bond motifs is 10. The molecule has 0 radical (unpaired) electrons. The van der Waals surface area contributed by atoms with Crippen LogP contribution in [0.2, 0.25) is 0 Å². The van der Waals surface area contributed by atoms with Crippen molar-refractivity contribution in [3.63, 3.8) is 0 Å². The van der Waals surface area contributed by atoms with E-state index in [-0.39, 0.29) is 0 Å². The Morgan fingerprint density at radius 3 is 0.938 bits per heavy atom. The Balaban J connectivity index is 0.975. The summed E-state index contributed by atoms with van der Waals surface area (Å²) in [6, 6.07) is 80.9. The fourth-order valence-corrected chi connectivity index (χ4v) is 12.6. The van der Waals surface area contributed by atoms with Gasteiger partial charge < -0.3 is 9.13 Å². The number of hydrogen-bond donors (Lipinski definition) is 0. The van der Waals surface area contributed by atoms with Gasteiger partial charge in [0.2, 0.25) is 0 Å². The first kappa shape index (κ1) is 36.0. The molecule has 0 spiro atoms. The van der Waals surface area contributed by atoms with Gasteiger partial charge in [0, 0.05) is 41.1 Å². The molecule has 298 valence electrons. The Morgan fingerprint density at radius 1 is 0.234 bits per heavy atom. The molecule has 4 heterocycles. The number of rotatable bonds is 5.